The van der Waals surface area contributed by atoms with E-state index in [1.54, 1.807) is 0 Å². The van der Waals surface area contributed by atoms with Gasteiger partial charge in [-0.25, -0.2) is 0 Å². The van der Waals surface area contributed by atoms with Gasteiger partial charge in [-0.3, -0.25) is 14.4 Å². The molecule has 0 aromatic rings. The maximum atomic E-state index is 12.9. The highest BCUT2D eigenvalue weighted by Gasteiger charge is 2.19. The fourth-order valence-electron chi connectivity index (χ4n) is 8.62. The van der Waals surface area contributed by atoms with Gasteiger partial charge >= 0.3 is 17.9 Å². The average molecular weight is 928 g/mol. The number of hydrogen-bond donors (Lipinski definition) is 0. The molecule has 0 radical (unpaired) electrons. The van der Waals surface area contributed by atoms with E-state index in [1.807, 2.05) is 0 Å². The number of ether oxygens (including phenoxy) is 3. The Morgan fingerprint density at radius 2 is 0.591 bits per heavy atom. The quantitative estimate of drug-likeness (QED) is 0.0262. The van der Waals surface area contributed by atoms with E-state index in [4.69, 9.17) is 14.2 Å². The van der Waals surface area contributed by atoms with Crippen LogP contribution < -0.4 is 0 Å². The van der Waals surface area contributed by atoms with Gasteiger partial charge in [-0.15, -0.1) is 0 Å². The highest BCUT2D eigenvalue weighted by atomic mass is 16.6. The Balaban J connectivity index is 4.32. The van der Waals surface area contributed by atoms with Gasteiger partial charge in [-0.1, -0.05) is 288 Å². The summed E-state index contributed by atoms with van der Waals surface area (Å²) in [5, 5.41) is 0. The molecule has 0 saturated heterocycles. The summed E-state index contributed by atoms with van der Waals surface area (Å²) >= 11 is 0. The minimum Gasteiger partial charge on any atom is -0.462 e. The molecule has 0 heterocycles. The van der Waals surface area contributed by atoms with E-state index < -0.39 is 6.10 Å². The third-order valence-corrected chi connectivity index (χ3v) is 13.0. The van der Waals surface area contributed by atoms with Crippen LogP contribution in [0.2, 0.25) is 0 Å². The van der Waals surface area contributed by atoms with Gasteiger partial charge in [0.05, 0.1) is 0 Å². The van der Waals surface area contributed by atoms with Gasteiger partial charge in [0.1, 0.15) is 13.2 Å². The summed E-state index contributed by atoms with van der Waals surface area (Å²) in [5.41, 5.74) is 0. The predicted molar refractivity (Wildman–Crippen MR) is 284 cm³/mol. The Labute approximate surface area is 410 Å². The molecule has 0 spiro atoms. The molecule has 0 bridgehead atoms. The van der Waals surface area contributed by atoms with Crippen molar-refractivity contribution in [2.45, 2.75) is 316 Å². The first kappa shape index (κ1) is 63.6. The van der Waals surface area contributed by atoms with Crippen LogP contribution in [0.3, 0.4) is 0 Å². The fourth-order valence-corrected chi connectivity index (χ4v) is 8.62. The SMILES string of the molecule is CC\C=C/C=C\C=C/CCCCCCCC(=O)OCC(COC(=O)CCCCCCCCCCCCCCCCCCCC)OC(=O)CCCCCCCCCCCCCCCCCCC. The van der Waals surface area contributed by atoms with Crippen LogP contribution in [-0.4, -0.2) is 37.2 Å². The molecule has 0 aliphatic rings. The molecule has 0 amide bonds. The standard InChI is InChI=1S/C60H110O6/c1-4-7-10-13-16-19-22-25-27-29-31-32-35-38-41-44-47-50-53-59(62)65-56-57(55-64-58(61)52-49-46-43-40-37-34-24-21-18-15-12-9-6-3)66-60(63)54-51-48-45-42-39-36-33-30-28-26-23-20-17-14-11-8-5-2/h9,12,15,18,21,24,57H,4-8,10-11,13-14,16-17,19-20,22-23,25-56H2,1-3H3/b12-9-,18-15-,24-21-. The van der Waals surface area contributed by atoms with Gasteiger partial charge in [0.15, 0.2) is 6.10 Å². The van der Waals surface area contributed by atoms with Crippen LogP contribution in [0.4, 0.5) is 0 Å². The third-order valence-electron chi connectivity index (χ3n) is 13.0. The lowest BCUT2D eigenvalue weighted by molar-refractivity contribution is -0.167. The van der Waals surface area contributed by atoms with Crippen molar-refractivity contribution in [3.05, 3.63) is 36.5 Å². The van der Waals surface area contributed by atoms with E-state index >= 15 is 0 Å². The van der Waals surface area contributed by atoms with E-state index in [0.29, 0.717) is 19.3 Å². The molecule has 0 aliphatic heterocycles. The molecule has 0 saturated carbocycles. The van der Waals surface area contributed by atoms with Crippen molar-refractivity contribution >= 4 is 17.9 Å². The zero-order valence-corrected chi connectivity index (χ0v) is 44.2. The van der Waals surface area contributed by atoms with Crippen molar-refractivity contribution < 1.29 is 28.6 Å². The van der Waals surface area contributed by atoms with Crippen LogP contribution in [-0.2, 0) is 28.6 Å². The molecule has 6 nitrogen and oxygen atoms in total. The number of esters is 3. The van der Waals surface area contributed by atoms with Crippen LogP contribution in [0.25, 0.3) is 0 Å². The third kappa shape index (κ3) is 52.6. The van der Waals surface area contributed by atoms with Crippen molar-refractivity contribution in [3.63, 3.8) is 0 Å². The number of allylic oxidation sites excluding steroid dienone is 6. The highest BCUT2D eigenvalue weighted by Crippen LogP contribution is 2.17. The second-order valence-corrected chi connectivity index (χ2v) is 19.6. The molecule has 0 aliphatic carbocycles. The summed E-state index contributed by atoms with van der Waals surface area (Å²) in [7, 11) is 0. The van der Waals surface area contributed by atoms with Gasteiger partial charge in [0, 0.05) is 19.3 Å². The van der Waals surface area contributed by atoms with E-state index in [2.05, 4.69) is 57.2 Å². The van der Waals surface area contributed by atoms with Crippen LogP contribution in [0.5, 0.6) is 0 Å². The van der Waals surface area contributed by atoms with Crippen molar-refractivity contribution in [1.82, 2.24) is 0 Å². The maximum Gasteiger partial charge on any atom is 0.306 e. The van der Waals surface area contributed by atoms with Crippen LogP contribution in [0.15, 0.2) is 36.5 Å². The predicted octanol–water partition coefficient (Wildman–Crippen LogP) is 19.3. The number of rotatable bonds is 53. The zero-order valence-electron chi connectivity index (χ0n) is 44.2. The molecule has 6 heteroatoms. The van der Waals surface area contributed by atoms with Gasteiger partial charge < -0.3 is 14.2 Å². The molecule has 386 valence electrons. The first-order chi connectivity index (χ1) is 32.5. The van der Waals surface area contributed by atoms with Crippen molar-refractivity contribution in [2.24, 2.45) is 0 Å². The van der Waals surface area contributed by atoms with Crippen molar-refractivity contribution in [3.8, 4) is 0 Å². The van der Waals surface area contributed by atoms with Crippen molar-refractivity contribution in [1.29, 1.82) is 0 Å². The molecule has 1 unspecified atom stereocenters. The molecule has 0 N–H and O–H groups in total. The zero-order chi connectivity index (χ0) is 47.9. The summed E-state index contributed by atoms with van der Waals surface area (Å²) in [6.07, 6.45) is 65.7. The average Bonchev–Trinajstić information content (AvgIpc) is 3.31. The molecule has 66 heavy (non-hydrogen) atoms. The first-order valence-corrected chi connectivity index (χ1v) is 29.0. The summed E-state index contributed by atoms with van der Waals surface area (Å²) < 4.78 is 16.9. The Bertz CT molecular complexity index is 1110. The smallest absolute Gasteiger partial charge is 0.306 e. The summed E-state index contributed by atoms with van der Waals surface area (Å²) in [4.78, 5) is 38.1. The Morgan fingerprint density at radius 1 is 0.318 bits per heavy atom. The number of carbonyl (C=O) groups is 3. The van der Waals surface area contributed by atoms with Gasteiger partial charge in [0.2, 0.25) is 0 Å². The highest BCUT2D eigenvalue weighted by molar-refractivity contribution is 5.71. The van der Waals surface area contributed by atoms with Gasteiger partial charge in [-0.2, -0.15) is 0 Å². The number of hydrogen-bond acceptors (Lipinski definition) is 6. The minimum absolute atomic E-state index is 0.0738. The van der Waals surface area contributed by atoms with Crippen LogP contribution in [0, 0.1) is 0 Å². The molecular formula is C60H110O6. The number of carbonyl (C=O) groups excluding carboxylic acids is 3. The van der Waals surface area contributed by atoms with Gasteiger partial charge in [0.25, 0.3) is 0 Å². The largest absolute Gasteiger partial charge is 0.462 e. The topological polar surface area (TPSA) is 78.9 Å². The normalized spacial score (nSPS) is 12.2. The Kier molecular flexibility index (Phi) is 53.2. The van der Waals surface area contributed by atoms with Crippen LogP contribution in [0.1, 0.15) is 310 Å². The molecule has 0 rings (SSSR count). The van der Waals surface area contributed by atoms with E-state index in [0.717, 1.165) is 83.5 Å². The Hall–Kier alpha value is -2.37. The lowest BCUT2D eigenvalue weighted by Crippen LogP contribution is -2.30. The fraction of sp³-hybridized carbons (Fsp3) is 0.850. The summed E-state index contributed by atoms with van der Waals surface area (Å²) in [6.45, 7) is 6.54. The second kappa shape index (κ2) is 55.2. The Morgan fingerprint density at radius 3 is 0.909 bits per heavy atom. The first-order valence-electron chi connectivity index (χ1n) is 29.0. The second-order valence-electron chi connectivity index (χ2n) is 19.6. The van der Waals surface area contributed by atoms with Crippen molar-refractivity contribution in [2.75, 3.05) is 13.2 Å². The lowest BCUT2D eigenvalue weighted by Gasteiger charge is -2.18. The summed E-state index contributed by atoms with van der Waals surface area (Å²) in [5.74, 6) is -0.875. The van der Waals surface area contributed by atoms with E-state index in [-0.39, 0.29) is 31.1 Å². The van der Waals surface area contributed by atoms with Crippen LogP contribution >= 0.6 is 0 Å². The minimum atomic E-state index is -0.776. The molecule has 0 aromatic carbocycles. The molecule has 0 aromatic heterocycles. The molecule has 1 atom stereocenters. The monoisotopic (exact) mass is 927 g/mol. The van der Waals surface area contributed by atoms with E-state index in [1.165, 1.54) is 186 Å². The molecule has 0 fully saturated rings. The lowest BCUT2D eigenvalue weighted by atomic mass is 10.0. The number of unbranched alkanes of at least 4 members (excludes halogenated alkanes) is 38. The van der Waals surface area contributed by atoms with E-state index in [9.17, 15) is 14.4 Å². The molecular weight excluding hydrogens is 817 g/mol. The van der Waals surface area contributed by atoms with Gasteiger partial charge in [-0.05, 0) is 38.5 Å². The maximum absolute atomic E-state index is 12.9. The summed E-state index contributed by atoms with van der Waals surface area (Å²) in [6, 6.07) is 0.